The summed E-state index contributed by atoms with van der Waals surface area (Å²) in [4.78, 5) is 10.4. The van der Waals surface area contributed by atoms with Gasteiger partial charge in [0.25, 0.3) is 0 Å². The molecule has 88 valence electrons. The lowest BCUT2D eigenvalue weighted by Gasteiger charge is -2.14. The van der Waals surface area contributed by atoms with Crippen LogP contribution in [0.5, 0.6) is 5.75 Å². The van der Waals surface area contributed by atoms with Crippen molar-refractivity contribution in [2.24, 2.45) is 0 Å². The fraction of sp³-hybridized carbons (Fsp3) is 0.364. The van der Waals surface area contributed by atoms with E-state index in [1.54, 1.807) is 25.1 Å². The summed E-state index contributed by atoms with van der Waals surface area (Å²) in [7, 11) is 0. The molecule has 0 aliphatic rings. The maximum Gasteiger partial charge on any atom is 0.303 e. The van der Waals surface area contributed by atoms with Gasteiger partial charge in [0, 0.05) is 16.5 Å². The third-order valence-corrected chi connectivity index (χ3v) is 2.37. The molecule has 3 nitrogen and oxygen atoms in total. The zero-order chi connectivity index (χ0) is 12.1. The minimum atomic E-state index is -0.834. The highest BCUT2D eigenvalue weighted by molar-refractivity contribution is 6.34. The summed E-state index contributed by atoms with van der Waals surface area (Å²) in [5, 5.41) is 9.51. The van der Waals surface area contributed by atoms with Gasteiger partial charge in [0.2, 0.25) is 0 Å². The summed E-state index contributed by atoms with van der Waals surface area (Å²) in [6.45, 7) is 1.80. The molecule has 0 bridgehead atoms. The first-order chi connectivity index (χ1) is 7.47. The van der Waals surface area contributed by atoms with Gasteiger partial charge >= 0.3 is 5.97 Å². The summed E-state index contributed by atoms with van der Waals surface area (Å²) in [6, 6.07) is 4.90. The van der Waals surface area contributed by atoms with Crippen LogP contribution in [0.25, 0.3) is 0 Å². The number of halogens is 2. The standard InChI is InChI=1S/C11H12Cl2O3/c1-7(2-3-11(14)15)16-10-5-8(12)4-9(13)6-10/h4-7H,2-3H2,1H3,(H,14,15). The average molecular weight is 263 g/mol. The number of rotatable bonds is 5. The maximum absolute atomic E-state index is 10.4. The van der Waals surface area contributed by atoms with Gasteiger partial charge in [-0.15, -0.1) is 0 Å². The van der Waals surface area contributed by atoms with Crippen molar-refractivity contribution in [1.82, 2.24) is 0 Å². The van der Waals surface area contributed by atoms with Gasteiger partial charge in [-0.2, -0.15) is 0 Å². The molecule has 0 spiro atoms. The van der Waals surface area contributed by atoms with Gasteiger partial charge < -0.3 is 9.84 Å². The lowest BCUT2D eigenvalue weighted by molar-refractivity contribution is -0.137. The largest absolute Gasteiger partial charge is 0.491 e. The lowest BCUT2D eigenvalue weighted by atomic mass is 10.2. The van der Waals surface area contributed by atoms with Gasteiger partial charge in [0.1, 0.15) is 5.75 Å². The monoisotopic (exact) mass is 262 g/mol. The number of benzene rings is 1. The van der Waals surface area contributed by atoms with Crippen molar-refractivity contribution >= 4 is 29.2 Å². The van der Waals surface area contributed by atoms with Crippen LogP contribution in [0.1, 0.15) is 19.8 Å². The Labute approximate surface area is 104 Å². The first-order valence-electron chi connectivity index (χ1n) is 4.82. The number of ether oxygens (including phenoxy) is 1. The first-order valence-corrected chi connectivity index (χ1v) is 5.57. The summed E-state index contributed by atoms with van der Waals surface area (Å²) in [5.74, 6) is -0.282. The Morgan fingerprint density at radius 2 is 1.94 bits per heavy atom. The van der Waals surface area contributed by atoms with Crippen molar-refractivity contribution in [2.75, 3.05) is 0 Å². The Hall–Kier alpha value is -0.930. The smallest absolute Gasteiger partial charge is 0.303 e. The van der Waals surface area contributed by atoms with E-state index in [0.29, 0.717) is 22.2 Å². The zero-order valence-electron chi connectivity index (χ0n) is 8.74. The van der Waals surface area contributed by atoms with Crippen LogP contribution in [0, 0.1) is 0 Å². The number of carboxylic acid groups (broad SMARTS) is 1. The van der Waals surface area contributed by atoms with Crippen LogP contribution < -0.4 is 4.74 Å². The molecule has 1 atom stereocenters. The van der Waals surface area contributed by atoms with Gasteiger partial charge in [0.15, 0.2) is 0 Å². The number of carboxylic acids is 1. The minimum Gasteiger partial charge on any atom is -0.491 e. The van der Waals surface area contributed by atoms with Crippen molar-refractivity contribution in [1.29, 1.82) is 0 Å². The fourth-order valence-electron chi connectivity index (χ4n) is 1.21. The summed E-state index contributed by atoms with van der Waals surface area (Å²) >= 11 is 11.6. The Bertz CT molecular complexity index is 359. The molecule has 0 aromatic heterocycles. The molecule has 0 saturated carbocycles. The van der Waals surface area contributed by atoms with Crippen molar-refractivity contribution in [3.05, 3.63) is 28.2 Å². The Kier molecular flexibility index (Phi) is 4.90. The van der Waals surface area contributed by atoms with E-state index in [1.165, 1.54) is 0 Å². The second kappa shape index (κ2) is 5.97. The summed E-state index contributed by atoms with van der Waals surface area (Å²) in [5.41, 5.74) is 0. The molecular weight excluding hydrogens is 251 g/mol. The van der Waals surface area contributed by atoms with Gasteiger partial charge in [-0.05, 0) is 31.5 Å². The predicted octanol–water partition coefficient (Wildman–Crippen LogP) is 3.63. The van der Waals surface area contributed by atoms with Crippen molar-refractivity contribution in [3.8, 4) is 5.75 Å². The molecule has 0 fully saturated rings. The number of hydrogen-bond acceptors (Lipinski definition) is 2. The molecule has 1 aromatic carbocycles. The molecule has 1 rings (SSSR count). The van der Waals surface area contributed by atoms with Crippen LogP contribution in [0.3, 0.4) is 0 Å². The number of hydrogen-bond donors (Lipinski definition) is 1. The molecule has 0 aliphatic heterocycles. The molecule has 5 heteroatoms. The molecule has 0 heterocycles. The molecule has 1 N–H and O–H groups in total. The summed E-state index contributed by atoms with van der Waals surface area (Å²) in [6.07, 6.45) is 0.334. The van der Waals surface area contributed by atoms with E-state index >= 15 is 0 Å². The van der Waals surface area contributed by atoms with Crippen LogP contribution in [0.4, 0.5) is 0 Å². The minimum absolute atomic E-state index is 0.0788. The van der Waals surface area contributed by atoms with Crippen molar-refractivity contribution in [2.45, 2.75) is 25.9 Å². The molecule has 0 radical (unpaired) electrons. The topological polar surface area (TPSA) is 46.5 Å². The van der Waals surface area contributed by atoms with Gasteiger partial charge in [-0.3, -0.25) is 4.79 Å². The van der Waals surface area contributed by atoms with E-state index in [1.807, 2.05) is 0 Å². The predicted molar refractivity (Wildman–Crippen MR) is 63.4 cm³/mol. The van der Waals surface area contributed by atoms with E-state index in [9.17, 15) is 4.79 Å². The van der Waals surface area contributed by atoms with Gasteiger partial charge in [-0.1, -0.05) is 23.2 Å². The molecular formula is C11H12Cl2O3. The fourth-order valence-corrected chi connectivity index (χ4v) is 1.72. The molecule has 1 unspecified atom stereocenters. The molecule has 16 heavy (non-hydrogen) atoms. The quantitative estimate of drug-likeness (QED) is 0.882. The second-order valence-electron chi connectivity index (χ2n) is 3.47. The highest BCUT2D eigenvalue weighted by Gasteiger charge is 2.08. The Balaban J connectivity index is 2.55. The van der Waals surface area contributed by atoms with E-state index in [2.05, 4.69) is 0 Å². The highest BCUT2D eigenvalue weighted by atomic mass is 35.5. The zero-order valence-corrected chi connectivity index (χ0v) is 10.3. The Morgan fingerprint density at radius 1 is 1.38 bits per heavy atom. The third kappa shape index (κ3) is 4.73. The third-order valence-electron chi connectivity index (χ3n) is 1.94. The van der Waals surface area contributed by atoms with Crippen LogP contribution in [-0.2, 0) is 4.79 Å². The van der Waals surface area contributed by atoms with E-state index in [0.717, 1.165) is 0 Å². The van der Waals surface area contributed by atoms with Crippen LogP contribution in [0.15, 0.2) is 18.2 Å². The first kappa shape index (κ1) is 13.1. The van der Waals surface area contributed by atoms with Gasteiger partial charge in [-0.25, -0.2) is 0 Å². The number of aliphatic carboxylic acids is 1. The van der Waals surface area contributed by atoms with E-state index in [-0.39, 0.29) is 12.5 Å². The number of carbonyl (C=O) groups is 1. The maximum atomic E-state index is 10.4. The SMILES string of the molecule is CC(CCC(=O)O)Oc1cc(Cl)cc(Cl)c1. The van der Waals surface area contributed by atoms with E-state index in [4.69, 9.17) is 33.0 Å². The molecule has 1 aromatic rings. The Morgan fingerprint density at radius 3 is 2.44 bits per heavy atom. The summed E-state index contributed by atoms with van der Waals surface area (Å²) < 4.78 is 5.49. The van der Waals surface area contributed by atoms with Crippen LogP contribution in [-0.4, -0.2) is 17.2 Å². The second-order valence-corrected chi connectivity index (χ2v) is 4.34. The highest BCUT2D eigenvalue weighted by Crippen LogP contribution is 2.25. The van der Waals surface area contributed by atoms with Crippen LogP contribution in [0.2, 0.25) is 10.0 Å². The molecule has 0 saturated heterocycles. The molecule has 0 amide bonds. The average Bonchev–Trinajstić information content (AvgIpc) is 2.12. The normalized spacial score (nSPS) is 12.2. The molecule has 0 aliphatic carbocycles. The lowest BCUT2D eigenvalue weighted by Crippen LogP contribution is -2.13. The van der Waals surface area contributed by atoms with Crippen molar-refractivity contribution in [3.63, 3.8) is 0 Å². The van der Waals surface area contributed by atoms with E-state index < -0.39 is 5.97 Å². The van der Waals surface area contributed by atoms with Crippen LogP contribution >= 0.6 is 23.2 Å². The van der Waals surface area contributed by atoms with Gasteiger partial charge in [0.05, 0.1) is 6.10 Å². The van der Waals surface area contributed by atoms with Crippen molar-refractivity contribution < 1.29 is 14.6 Å².